The van der Waals surface area contributed by atoms with Gasteiger partial charge < -0.3 is 14.9 Å². The third kappa shape index (κ3) is 5.59. The maximum atomic E-state index is 14.0. The smallest absolute Gasteiger partial charge is 0.248 e. The van der Waals surface area contributed by atoms with Crippen molar-refractivity contribution in [3.63, 3.8) is 0 Å². The highest BCUT2D eigenvalue weighted by atomic mass is 16.3. The van der Waals surface area contributed by atoms with E-state index >= 15 is 0 Å². The van der Waals surface area contributed by atoms with Crippen LogP contribution < -0.4 is 0 Å². The molecule has 0 aliphatic carbocycles. The van der Waals surface area contributed by atoms with Gasteiger partial charge >= 0.3 is 0 Å². The van der Waals surface area contributed by atoms with Gasteiger partial charge in [-0.2, -0.15) is 5.10 Å². The molecule has 1 aliphatic heterocycles. The number of nitrogens with zero attached hydrogens (tertiary/aromatic N) is 3. The van der Waals surface area contributed by atoms with Crippen LogP contribution in [0, 0.1) is 20.8 Å². The first kappa shape index (κ1) is 24.6. The number of likely N-dealkylation sites (tertiary alicyclic amines) is 1. The lowest BCUT2D eigenvalue weighted by Gasteiger charge is -2.53. The Balaban J connectivity index is 1.51. The highest BCUT2D eigenvalue weighted by Gasteiger charge is 2.49. The Kier molecular flexibility index (Phi) is 7.01. The van der Waals surface area contributed by atoms with Gasteiger partial charge in [0.1, 0.15) is 5.54 Å². The van der Waals surface area contributed by atoms with Crippen LogP contribution in [-0.2, 0) is 24.2 Å². The van der Waals surface area contributed by atoms with Gasteiger partial charge in [0.25, 0.3) is 0 Å². The summed E-state index contributed by atoms with van der Waals surface area (Å²) in [6.07, 6.45) is 2.09. The summed E-state index contributed by atoms with van der Waals surface area (Å²) in [7, 11) is 0. The molecule has 0 spiro atoms. The van der Waals surface area contributed by atoms with Crippen molar-refractivity contribution in [2.24, 2.45) is 0 Å². The van der Waals surface area contributed by atoms with E-state index in [0.717, 1.165) is 36.3 Å². The van der Waals surface area contributed by atoms with Gasteiger partial charge in [-0.3, -0.25) is 4.79 Å². The van der Waals surface area contributed by atoms with Gasteiger partial charge in [0, 0.05) is 44.2 Å². The molecule has 0 saturated carbocycles. The molecule has 6 heteroatoms. The molecular weight excluding hydrogens is 436 g/mol. The lowest BCUT2D eigenvalue weighted by atomic mass is 9.83. The fraction of sp³-hybridized carbons (Fsp3) is 0.379. The zero-order valence-corrected chi connectivity index (χ0v) is 21.3. The van der Waals surface area contributed by atoms with Crippen LogP contribution in [0.1, 0.15) is 46.9 Å². The van der Waals surface area contributed by atoms with Crippen molar-refractivity contribution in [3.8, 4) is 5.88 Å². The van der Waals surface area contributed by atoms with Crippen molar-refractivity contribution in [1.82, 2.24) is 20.0 Å². The van der Waals surface area contributed by atoms with Gasteiger partial charge in [-0.15, -0.1) is 0 Å². The second-order valence-corrected chi connectivity index (χ2v) is 10.1. The van der Waals surface area contributed by atoms with E-state index in [2.05, 4.69) is 84.9 Å². The van der Waals surface area contributed by atoms with Gasteiger partial charge in [0.2, 0.25) is 11.8 Å². The molecule has 1 atom stereocenters. The molecule has 0 bridgehead atoms. The maximum absolute atomic E-state index is 14.0. The Labute approximate surface area is 208 Å². The number of aromatic amines is 1. The van der Waals surface area contributed by atoms with Crippen molar-refractivity contribution >= 4 is 5.91 Å². The largest absolute Gasteiger partial charge is 0.494 e. The minimum absolute atomic E-state index is 0.0382. The molecule has 1 unspecified atom stereocenters. The average Bonchev–Trinajstić information content (AvgIpc) is 3.20. The van der Waals surface area contributed by atoms with E-state index < -0.39 is 5.54 Å². The Bertz CT molecular complexity index is 1190. The number of rotatable bonds is 9. The van der Waals surface area contributed by atoms with Crippen molar-refractivity contribution in [2.45, 2.75) is 59.0 Å². The molecular formula is C29H36N4O2. The topological polar surface area (TPSA) is 72.5 Å². The molecule has 1 amide bonds. The number of hydrogen-bond donors (Lipinski definition) is 2. The van der Waals surface area contributed by atoms with Crippen LogP contribution in [-0.4, -0.2) is 49.6 Å². The van der Waals surface area contributed by atoms with Crippen molar-refractivity contribution in [2.75, 3.05) is 13.1 Å². The molecule has 4 rings (SSSR count). The second kappa shape index (κ2) is 9.98. The molecule has 2 N–H and O–H groups in total. The van der Waals surface area contributed by atoms with Crippen LogP contribution in [0.25, 0.3) is 0 Å². The number of carbonyl (C=O) groups is 1. The van der Waals surface area contributed by atoms with E-state index in [0.29, 0.717) is 19.5 Å². The third-order valence-electron chi connectivity index (χ3n) is 6.99. The summed E-state index contributed by atoms with van der Waals surface area (Å²) in [6.45, 7) is 14.6. The van der Waals surface area contributed by atoms with E-state index in [1.165, 1.54) is 22.3 Å². The fourth-order valence-corrected chi connectivity index (χ4v) is 5.03. The van der Waals surface area contributed by atoms with E-state index in [4.69, 9.17) is 0 Å². The highest BCUT2D eigenvalue weighted by Crippen LogP contribution is 2.37. The molecule has 2 heterocycles. The van der Waals surface area contributed by atoms with E-state index in [-0.39, 0.29) is 11.8 Å². The summed E-state index contributed by atoms with van der Waals surface area (Å²) in [5.41, 5.74) is 7.09. The standard InChI is InChI=1S/C29H36N4O2/c1-20-6-8-24(9-7-20)19-32(12-10-26-18-27(34)31-30-26)28(35)29(5)11-13-33(29)23(4)17-25-15-21(2)14-22(3)16-25/h6-9,14-16,18H,4,10-13,17,19H2,1-3,5H3,(H2,30,31,34). The maximum Gasteiger partial charge on any atom is 0.248 e. The number of allylic oxidation sites excluding steroid dienone is 1. The van der Waals surface area contributed by atoms with Crippen LogP contribution in [0.5, 0.6) is 5.88 Å². The number of nitrogens with one attached hydrogen (secondary N) is 1. The number of aryl methyl sites for hydroxylation is 3. The summed E-state index contributed by atoms with van der Waals surface area (Å²) in [5.74, 6) is 0.141. The summed E-state index contributed by atoms with van der Waals surface area (Å²) < 4.78 is 0. The number of amides is 1. The molecule has 1 aliphatic rings. The number of benzene rings is 2. The Morgan fingerprint density at radius 3 is 2.34 bits per heavy atom. The van der Waals surface area contributed by atoms with E-state index in [1.807, 2.05) is 11.8 Å². The summed E-state index contributed by atoms with van der Waals surface area (Å²) in [6, 6.07) is 16.5. The first-order valence-corrected chi connectivity index (χ1v) is 12.2. The minimum Gasteiger partial charge on any atom is -0.494 e. The number of hydrogen-bond acceptors (Lipinski definition) is 4. The number of aromatic nitrogens is 2. The van der Waals surface area contributed by atoms with Gasteiger partial charge in [-0.1, -0.05) is 65.7 Å². The second-order valence-electron chi connectivity index (χ2n) is 10.1. The third-order valence-corrected chi connectivity index (χ3v) is 6.99. The fourth-order valence-electron chi connectivity index (χ4n) is 5.03. The highest BCUT2D eigenvalue weighted by molar-refractivity contribution is 5.87. The van der Waals surface area contributed by atoms with Gasteiger partial charge in [-0.25, -0.2) is 5.10 Å². The number of carbonyl (C=O) groups excluding carboxylic acids is 1. The molecule has 3 aromatic rings. The van der Waals surface area contributed by atoms with Crippen LogP contribution in [0.3, 0.4) is 0 Å². The van der Waals surface area contributed by atoms with Crippen LogP contribution in [0.4, 0.5) is 0 Å². The zero-order valence-electron chi connectivity index (χ0n) is 21.3. The molecule has 1 fully saturated rings. The van der Waals surface area contributed by atoms with E-state index in [1.54, 1.807) is 6.07 Å². The SMILES string of the molecule is C=C(Cc1cc(C)cc(C)c1)N1CCC1(C)C(=O)N(CCc1cc(O)[nH]n1)Cc1ccc(C)cc1. The summed E-state index contributed by atoms with van der Waals surface area (Å²) in [5, 5.41) is 16.3. The van der Waals surface area contributed by atoms with Crippen molar-refractivity contribution in [3.05, 3.63) is 94.3 Å². The zero-order chi connectivity index (χ0) is 25.2. The Morgan fingerprint density at radius 1 is 1.09 bits per heavy atom. The van der Waals surface area contributed by atoms with Gasteiger partial charge in [0.15, 0.2) is 0 Å². The summed E-state index contributed by atoms with van der Waals surface area (Å²) in [4.78, 5) is 18.1. The first-order chi connectivity index (χ1) is 16.6. The normalized spacial score (nSPS) is 17.2. The Morgan fingerprint density at radius 2 is 1.77 bits per heavy atom. The number of H-pyrrole nitrogens is 1. The molecule has 2 aromatic carbocycles. The molecule has 184 valence electrons. The van der Waals surface area contributed by atoms with Gasteiger partial charge in [-0.05, 0) is 45.2 Å². The Hall–Kier alpha value is -3.54. The predicted octanol–water partition coefficient (Wildman–Crippen LogP) is 4.83. The minimum atomic E-state index is -0.617. The van der Waals surface area contributed by atoms with Crippen LogP contribution >= 0.6 is 0 Å². The summed E-state index contributed by atoms with van der Waals surface area (Å²) >= 11 is 0. The lowest BCUT2D eigenvalue weighted by molar-refractivity contribution is -0.150. The quantitative estimate of drug-likeness (QED) is 0.468. The molecule has 6 nitrogen and oxygen atoms in total. The van der Waals surface area contributed by atoms with Crippen molar-refractivity contribution < 1.29 is 9.90 Å². The predicted molar refractivity (Wildman–Crippen MR) is 139 cm³/mol. The van der Waals surface area contributed by atoms with Gasteiger partial charge in [0.05, 0.1) is 5.69 Å². The molecule has 1 aromatic heterocycles. The average molecular weight is 473 g/mol. The molecule has 35 heavy (non-hydrogen) atoms. The first-order valence-electron chi connectivity index (χ1n) is 12.2. The van der Waals surface area contributed by atoms with Crippen molar-refractivity contribution in [1.29, 1.82) is 0 Å². The molecule has 0 radical (unpaired) electrons. The van der Waals surface area contributed by atoms with Crippen LogP contribution in [0.15, 0.2) is 60.8 Å². The molecule has 1 saturated heterocycles. The van der Waals surface area contributed by atoms with Crippen LogP contribution in [0.2, 0.25) is 0 Å². The van der Waals surface area contributed by atoms with E-state index in [9.17, 15) is 9.90 Å². The lowest BCUT2D eigenvalue weighted by Crippen LogP contribution is -2.65. The number of aromatic hydroxyl groups is 1. The monoisotopic (exact) mass is 472 g/mol.